The van der Waals surface area contributed by atoms with Crippen molar-refractivity contribution in [2.24, 2.45) is 0 Å². The van der Waals surface area contributed by atoms with Crippen molar-refractivity contribution in [1.82, 2.24) is 0 Å². The minimum Gasteiger partial charge on any atom is -0.295 e. The number of thioether (sulfide) groups is 1. The van der Waals surface area contributed by atoms with Crippen molar-refractivity contribution in [2.75, 3.05) is 10.7 Å². The summed E-state index contributed by atoms with van der Waals surface area (Å²) in [6.07, 6.45) is 0. The number of rotatable bonds is 3. The molecule has 4 heteroatoms. The van der Waals surface area contributed by atoms with E-state index in [4.69, 9.17) is 0 Å². The highest BCUT2D eigenvalue weighted by Crippen LogP contribution is 2.41. The number of amides is 1. The topological polar surface area (TPSA) is 20.3 Å². The summed E-state index contributed by atoms with van der Waals surface area (Å²) in [5.41, 5.74) is 3.10. The van der Waals surface area contributed by atoms with Gasteiger partial charge in [0.15, 0.2) is 0 Å². The van der Waals surface area contributed by atoms with E-state index in [9.17, 15) is 9.18 Å². The molecule has 2 aromatic rings. The Labute approximate surface area is 134 Å². The van der Waals surface area contributed by atoms with Crippen LogP contribution in [0.25, 0.3) is 0 Å². The number of anilines is 1. The first-order chi connectivity index (χ1) is 10.6. The molecule has 1 fully saturated rings. The third-order valence-corrected chi connectivity index (χ3v) is 5.07. The molecule has 1 aliphatic rings. The molecule has 22 heavy (non-hydrogen) atoms. The molecule has 1 atom stereocenters. The number of hydrogen-bond donors (Lipinski definition) is 0. The zero-order valence-corrected chi connectivity index (χ0v) is 13.4. The highest BCUT2D eigenvalue weighted by atomic mass is 32.2. The molecule has 0 spiro atoms. The van der Waals surface area contributed by atoms with Gasteiger partial charge in [-0.2, -0.15) is 0 Å². The molecule has 1 saturated heterocycles. The third kappa shape index (κ3) is 2.88. The van der Waals surface area contributed by atoms with E-state index in [1.165, 1.54) is 17.7 Å². The molecule has 1 heterocycles. The molecule has 0 N–H and O–H groups in total. The fourth-order valence-corrected chi connectivity index (χ4v) is 3.77. The van der Waals surface area contributed by atoms with Crippen molar-refractivity contribution in [1.29, 1.82) is 0 Å². The van der Waals surface area contributed by atoms with Crippen LogP contribution in [-0.4, -0.2) is 11.7 Å². The van der Waals surface area contributed by atoms with Gasteiger partial charge in [0.25, 0.3) is 0 Å². The van der Waals surface area contributed by atoms with Gasteiger partial charge >= 0.3 is 0 Å². The highest BCUT2D eigenvalue weighted by molar-refractivity contribution is 8.00. The maximum Gasteiger partial charge on any atom is 0.238 e. The molecule has 2 nitrogen and oxygen atoms in total. The van der Waals surface area contributed by atoms with Crippen LogP contribution >= 0.6 is 11.8 Å². The lowest BCUT2D eigenvalue weighted by molar-refractivity contribution is -0.115. The number of carbonyl (C=O) groups is 1. The number of carbonyl (C=O) groups excluding carboxylic acids is 1. The van der Waals surface area contributed by atoms with Gasteiger partial charge in [0.2, 0.25) is 5.91 Å². The van der Waals surface area contributed by atoms with Crippen molar-refractivity contribution >= 4 is 23.4 Å². The van der Waals surface area contributed by atoms with Crippen molar-refractivity contribution in [3.63, 3.8) is 0 Å². The summed E-state index contributed by atoms with van der Waals surface area (Å²) in [5, 5.41) is -0.0852. The Hall–Kier alpha value is -1.81. The first kappa shape index (κ1) is 15.1. The van der Waals surface area contributed by atoms with Gasteiger partial charge in [-0.05, 0) is 41.3 Å². The first-order valence-electron chi connectivity index (χ1n) is 7.35. The second kappa shape index (κ2) is 6.13. The number of halogens is 1. The molecule has 0 aromatic heterocycles. The third-order valence-electron chi connectivity index (χ3n) is 3.86. The van der Waals surface area contributed by atoms with Crippen LogP contribution in [0.4, 0.5) is 10.1 Å². The Morgan fingerprint density at radius 2 is 1.73 bits per heavy atom. The lowest BCUT2D eigenvalue weighted by Gasteiger charge is -2.24. The Bertz CT molecular complexity index is 666. The van der Waals surface area contributed by atoms with Crippen molar-refractivity contribution in [2.45, 2.75) is 25.1 Å². The zero-order valence-electron chi connectivity index (χ0n) is 12.6. The Balaban J connectivity index is 1.92. The minimum absolute atomic E-state index is 0.0852. The van der Waals surface area contributed by atoms with E-state index >= 15 is 0 Å². The van der Waals surface area contributed by atoms with Gasteiger partial charge in [-0.25, -0.2) is 4.39 Å². The maximum absolute atomic E-state index is 13.1. The van der Waals surface area contributed by atoms with Gasteiger partial charge in [0.05, 0.1) is 5.75 Å². The fourth-order valence-electron chi connectivity index (χ4n) is 2.60. The molecule has 2 aromatic carbocycles. The van der Waals surface area contributed by atoms with E-state index in [-0.39, 0.29) is 17.1 Å². The van der Waals surface area contributed by atoms with Gasteiger partial charge in [-0.1, -0.05) is 38.1 Å². The van der Waals surface area contributed by atoms with Crippen molar-refractivity contribution in [3.05, 3.63) is 65.5 Å². The molecule has 0 unspecified atom stereocenters. The second-order valence-electron chi connectivity index (χ2n) is 5.72. The average Bonchev–Trinajstić information content (AvgIpc) is 2.90. The number of hydrogen-bond acceptors (Lipinski definition) is 2. The van der Waals surface area contributed by atoms with Crippen molar-refractivity contribution < 1.29 is 9.18 Å². The lowest BCUT2D eigenvalue weighted by Crippen LogP contribution is -2.27. The van der Waals surface area contributed by atoms with Crippen LogP contribution in [0.2, 0.25) is 0 Å². The Kier molecular flexibility index (Phi) is 4.21. The molecule has 0 saturated carbocycles. The lowest BCUT2D eigenvalue weighted by atomic mass is 10.0. The van der Waals surface area contributed by atoms with E-state index in [1.807, 2.05) is 17.0 Å². The SMILES string of the molecule is CC(C)c1ccc(N2C(=O)CS[C@H]2c2ccc(F)cc2)cc1. The first-order valence-corrected chi connectivity index (χ1v) is 8.40. The minimum atomic E-state index is -0.258. The molecule has 1 amide bonds. The van der Waals surface area contributed by atoms with Crippen LogP contribution in [0.1, 0.15) is 36.3 Å². The van der Waals surface area contributed by atoms with Gasteiger partial charge < -0.3 is 0 Å². The summed E-state index contributed by atoms with van der Waals surface area (Å²) >= 11 is 1.58. The smallest absolute Gasteiger partial charge is 0.238 e. The van der Waals surface area contributed by atoms with Gasteiger partial charge in [-0.15, -0.1) is 11.8 Å². The molecule has 3 rings (SSSR count). The monoisotopic (exact) mass is 315 g/mol. The van der Waals surface area contributed by atoms with Crippen LogP contribution in [0.15, 0.2) is 48.5 Å². The summed E-state index contributed by atoms with van der Waals surface area (Å²) in [6, 6.07) is 14.5. The van der Waals surface area contributed by atoms with Crippen LogP contribution in [0.3, 0.4) is 0 Å². The zero-order chi connectivity index (χ0) is 15.7. The summed E-state index contributed by atoms with van der Waals surface area (Å²) < 4.78 is 13.1. The van der Waals surface area contributed by atoms with Gasteiger partial charge in [0, 0.05) is 5.69 Å². The fraction of sp³-hybridized carbons (Fsp3) is 0.278. The standard InChI is InChI=1S/C18H18FNOS/c1-12(2)13-5-9-16(10-6-13)20-17(21)11-22-18(20)14-3-7-15(19)8-4-14/h3-10,12,18H,11H2,1-2H3/t18-/m0/s1. The van der Waals surface area contributed by atoms with Gasteiger partial charge in [0.1, 0.15) is 11.2 Å². The quantitative estimate of drug-likeness (QED) is 0.816. The summed E-state index contributed by atoms with van der Waals surface area (Å²) in [5.74, 6) is 0.752. The van der Waals surface area contributed by atoms with E-state index in [0.717, 1.165) is 11.3 Å². The van der Waals surface area contributed by atoms with Crippen LogP contribution in [0.5, 0.6) is 0 Å². The van der Waals surface area contributed by atoms with Crippen LogP contribution in [0, 0.1) is 5.82 Å². The maximum atomic E-state index is 13.1. The molecule has 0 aliphatic carbocycles. The molecular weight excluding hydrogens is 297 g/mol. The summed E-state index contributed by atoms with van der Waals surface area (Å²) in [6.45, 7) is 4.29. The average molecular weight is 315 g/mol. The normalized spacial score (nSPS) is 18.3. The van der Waals surface area contributed by atoms with E-state index in [0.29, 0.717) is 11.7 Å². The largest absolute Gasteiger partial charge is 0.295 e. The second-order valence-corrected chi connectivity index (χ2v) is 6.79. The van der Waals surface area contributed by atoms with Crippen LogP contribution < -0.4 is 4.90 Å². The Morgan fingerprint density at radius 3 is 2.32 bits per heavy atom. The summed E-state index contributed by atoms with van der Waals surface area (Å²) in [7, 11) is 0. The summed E-state index contributed by atoms with van der Waals surface area (Å²) in [4.78, 5) is 14.1. The molecule has 114 valence electrons. The van der Waals surface area contributed by atoms with E-state index in [2.05, 4.69) is 26.0 Å². The van der Waals surface area contributed by atoms with E-state index < -0.39 is 0 Å². The van der Waals surface area contributed by atoms with Crippen LogP contribution in [-0.2, 0) is 4.79 Å². The number of benzene rings is 2. The molecular formula is C18H18FNOS. The predicted molar refractivity (Wildman–Crippen MR) is 89.6 cm³/mol. The van der Waals surface area contributed by atoms with E-state index in [1.54, 1.807) is 23.9 Å². The molecule has 0 bridgehead atoms. The number of nitrogens with zero attached hydrogens (tertiary/aromatic N) is 1. The Morgan fingerprint density at radius 1 is 1.09 bits per heavy atom. The predicted octanol–water partition coefficient (Wildman–Crippen LogP) is 4.73. The van der Waals surface area contributed by atoms with Gasteiger partial charge in [-0.3, -0.25) is 9.69 Å². The van der Waals surface area contributed by atoms with Crippen molar-refractivity contribution in [3.8, 4) is 0 Å². The molecule has 1 aliphatic heterocycles. The molecule has 0 radical (unpaired) electrons. The highest BCUT2D eigenvalue weighted by Gasteiger charge is 2.33.